The summed E-state index contributed by atoms with van der Waals surface area (Å²) in [7, 11) is 0. The Labute approximate surface area is 129 Å². The first-order valence-electron chi connectivity index (χ1n) is 7.34. The number of carboxylic acids is 1. The molecule has 22 heavy (non-hydrogen) atoms. The molecule has 5 heteroatoms. The van der Waals surface area contributed by atoms with E-state index in [9.17, 15) is 14.7 Å². The largest absolute Gasteiger partial charge is 0.480 e. The van der Waals surface area contributed by atoms with Crippen molar-refractivity contribution in [3.63, 3.8) is 0 Å². The van der Waals surface area contributed by atoms with Crippen LogP contribution in [0.2, 0.25) is 0 Å². The standard InChI is InChI=1S/C17H21NO4/c1-5-9-17(4,16(20)21)18-15(19)14-11(3)12-8-6-7-10(2)13(12)22-14/h6-8H,5,9H2,1-4H3,(H,18,19)(H,20,21). The van der Waals surface area contributed by atoms with Gasteiger partial charge in [0.2, 0.25) is 0 Å². The van der Waals surface area contributed by atoms with Gasteiger partial charge in [0.1, 0.15) is 11.1 Å². The van der Waals surface area contributed by atoms with Crippen molar-refractivity contribution < 1.29 is 19.1 Å². The summed E-state index contributed by atoms with van der Waals surface area (Å²) in [6.45, 7) is 7.10. The van der Waals surface area contributed by atoms with Crippen LogP contribution in [0.4, 0.5) is 0 Å². The third-order valence-electron chi connectivity index (χ3n) is 3.98. The number of carbonyl (C=O) groups excluding carboxylic acids is 1. The van der Waals surface area contributed by atoms with Crippen molar-refractivity contribution in [2.24, 2.45) is 0 Å². The fourth-order valence-electron chi connectivity index (χ4n) is 2.63. The van der Waals surface area contributed by atoms with Gasteiger partial charge in [0.05, 0.1) is 0 Å². The van der Waals surface area contributed by atoms with Crippen LogP contribution >= 0.6 is 0 Å². The monoisotopic (exact) mass is 303 g/mol. The number of hydrogen-bond donors (Lipinski definition) is 2. The molecule has 0 saturated heterocycles. The average Bonchev–Trinajstić information content (AvgIpc) is 2.78. The number of para-hydroxylation sites is 1. The molecule has 2 aromatic rings. The number of benzene rings is 1. The van der Waals surface area contributed by atoms with Crippen molar-refractivity contribution in [3.8, 4) is 0 Å². The van der Waals surface area contributed by atoms with Gasteiger partial charge in [0.25, 0.3) is 5.91 Å². The smallest absolute Gasteiger partial charge is 0.329 e. The Morgan fingerprint density at radius 3 is 2.55 bits per heavy atom. The number of furan rings is 1. The predicted octanol–water partition coefficient (Wildman–Crippen LogP) is 3.42. The highest BCUT2D eigenvalue weighted by Crippen LogP contribution is 2.28. The summed E-state index contributed by atoms with van der Waals surface area (Å²) in [6.07, 6.45) is 1.01. The second-order valence-corrected chi connectivity index (χ2v) is 5.85. The number of aryl methyl sites for hydroxylation is 2. The first kappa shape index (κ1) is 16.1. The Hall–Kier alpha value is -2.30. The fraction of sp³-hybridized carbons (Fsp3) is 0.412. The van der Waals surface area contributed by atoms with Crippen LogP contribution in [0.15, 0.2) is 22.6 Å². The van der Waals surface area contributed by atoms with E-state index in [2.05, 4.69) is 5.32 Å². The molecule has 0 aliphatic heterocycles. The molecule has 0 aliphatic carbocycles. The van der Waals surface area contributed by atoms with Crippen LogP contribution in [-0.4, -0.2) is 22.5 Å². The molecule has 0 radical (unpaired) electrons. The Bertz CT molecular complexity index is 732. The summed E-state index contributed by atoms with van der Waals surface area (Å²) in [4.78, 5) is 23.9. The quantitative estimate of drug-likeness (QED) is 0.887. The fourth-order valence-corrected chi connectivity index (χ4v) is 2.63. The second-order valence-electron chi connectivity index (χ2n) is 5.85. The highest BCUT2D eigenvalue weighted by Gasteiger charge is 2.35. The minimum atomic E-state index is -1.30. The summed E-state index contributed by atoms with van der Waals surface area (Å²) in [5.41, 5.74) is 1.03. The van der Waals surface area contributed by atoms with Crippen LogP contribution in [0.3, 0.4) is 0 Å². The third-order valence-corrected chi connectivity index (χ3v) is 3.98. The van der Waals surface area contributed by atoms with Crippen LogP contribution in [-0.2, 0) is 4.79 Å². The third kappa shape index (κ3) is 2.71. The minimum Gasteiger partial charge on any atom is -0.480 e. The molecule has 0 spiro atoms. The molecule has 1 amide bonds. The van der Waals surface area contributed by atoms with Crippen molar-refractivity contribution in [3.05, 3.63) is 35.1 Å². The number of amides is 1. The number of carboxylic acid groups (broad SMARTS) is 1. The maximum atomic E-state index is 12.5. The van der Waals surface area contributed by atoms with Crippen LogP contribution in [0.5, 0.6) is 0 Å². The maximum Gasteiger partial charge on any atom is 0.329 e. The summed E-state index contributed by atoms with van der Waals surface area (Å²) >= 11 is 0. The van der Waals surface area contributed by atoms with Gasteiger partial charge in [0, 0.05) is 10.9 Å². The Kier molecular flexibility index (Phi) is 4.26. The van der Waals surface area contributed by atoms with Crippen molar-refractivity contribution >= 4 is 22.8 Å². The molecule has 118 valence electrons. The van der Waals surface area contributed by atoms with Gasteiger partial charge in [-0.3, -0.25) is 4.79 Å². The van der Waals surface area contributed by atoms with E-state index in [0.29, 0.717) is 18.4 Å². The van der Waals surface area contributed by atoms with Gasteiger partial charge in [-0.25, -0.2) is 4.79 Å². The molecular formula is C17H21NO4. The lowest BCUT2D eigenvalue weighted by atomic mass is 9.96. The number of rotatable bonds is 5. The Balaban J connectivity index is 2.40. The molecule has 2 rings (SSSR count). The summed E-state index contributed by atoms with van der Waals surface area (Å²) in [6, 6.07) is 5.70. The zero-order valence-corrected chi connectivity index (χ0v) is 13.3. The minimum absolute atomic E-state index is 0.174. The molecule has 0 aliphatic rings. The first-order chi connectivity index (χ1) is 10.3. The number of nitrogens with one attached hydrogen (secondary N) is 1. The predicted molar refractivity (Wildman–Crippen MR) is 84.1 cm³/mol. The van der Waals surface area contributed by atoms with Crippen LogP contribution in [0, 0.1) is 13.8 Å². The Morgan fingerprint density at radius 2 is 2.00 bits per heavy atom. The lowest BCUT2D eigenvalue weighted by molar-refractivity contribution is -0.144. The zero-order chi connectivity index (χ0) is 16.5. The molecule has 0 bridgehead atoms. The van der Waals surface area contributed by atoms with Crippen molar-refractivity contribution in [2.45, 2.75) is 46.1 Å². The first-order valence-corrected chi connectivity index (χ1v) is 7.34. The van der Waals surface area contributed by atoms with E-state index >= 15 is 0 Å². The van der Waals surface area contributed by atoms with Gasteiger partial charge in [-0.2, -0.15) is 0 Å². The zero-order valence-electron chi connectivity index (χ0n) is 13.3. The van der Waals surface area contributed by atoms with E-state index in [0.717, 1.165) is 16.5 Å². The lowest BCUT2D eigenvalue weighted by Gasteiger charge is -2.25. The Morgan fingerprint density at radius 1 is 1.32 bits per heavy atom. The van der Waals surface area contributed by atoms with Crippen molar-refractivity contribution in [1.82, 2.24) is 5.32 Å². The lowest BCUT2D eigenvalue weighted by Crippen LogP contribution is -2.52. The van der Waals surface area contributed by atoms with Gasteiger partial charge < -0.3 is 14.8 Å². The molecule has 1 aromatic heterocycles. The van der Waals surface area contributed by atoms with Gasteiger partial charge in [-0.05, 0) is 32.8 Å². The normalized spacial score (nSPS) is 13.8. The molecular weight excluding hydrogens is 282 g/mol. The van der Waals surface area contributed by atoms with Crippen molar-refractivity contribution in [1.29, 1.82) is 0 Å². The van der Waals surface area contributed by atoms with Gasteiger partial charge in [-0.15, -0.1) is 0 Å². The molecule has 1 heterocycles. The SMILES string of the molecule is CCCC(C)(NC(=O)c1oc2c(C)cccc2c1C)C(=O)O. The van der Waals surface area contributed by atoms with Gasteiger partial charge >= 0.3 is 5.97 Å². The molecule has 1 aromatic carbocycles. The van der Waals surface area contributed by atoms with E-state index in [1.165, 1.54) is 6.92 Å². The van der Waals surface area contributed by atoms with Crippen LogP contribution in [0.25, 0.3) is 11.0 Å². The second kappa shape index (κ2) is 5.83. The number of aliphatic carboxylic acids is 1. The van der Waals surface area contributed by atoms with Gasteiger partial charge in [-0.1, -0.05) is 31.5 Å². The number of hydrogen-bond acceptors (Lipinski definition) is 3. The van der Waals surface area contributed by atoms with E-state index in [4.69, 9.17) is 4.42 Å². The van der Waals surface area contributed by atoms with E-state index < -0.39 is 17.4 Å². The van der Waals surface area contributed by atoms with Crippen LogP contribution in [0.1, 0.15) is 48.4 Å². The van der Waals surface area contributed by atoms with E-state index in [-0.39, 0.29) is 5.76 Å². The average molecular weight is 303 g/mol. The maximum absolute atomic E-state index is 12.5. The molecule has 2 N–H and O–H groups in total. The van der Waals surface area contributed by atoms with Crippen LogP contribution < -0.4 is 5.32 Å². The van der Waals surface area contributed by atoms with E-state index in [1.807, 2.05) is 32.0 Å². The molecule has 0 fully saturated rings. The highest BCUT2D eigenvalue weighted by molar-refractivity contribution is 6.01. The molecule has 1 atom stereocenters. The number of carbonyl (C=O) groups is 2. The van der Waals surface area contributed by atoms with E-state index in [1.54, 1.807) is 6.92 Å². The highest BCUT2D eigenvalue weighted by atomic mass is 16.4. The topological polar surface area (TPSA) is 79.5 Å². The van der Waals surface area contributed by atoms with Crippen molar-refractivity contribution in [2.75, 3.05) is 0 Å². The summed E-state index contributed by atoms with van der Waals surface area (Å²) in [5, 5.41) is 12.8. The molecule has 1 unspecified atom stereocenters. The molecule has 0 saturated carbocycles. The summed E-state index contributed by atoms with van der Waals surface area (Å²) in [5.74, 6) is -1.37. The van der Waals surface area contributed by atoms with Gasteiger partial charge in [0.15, 0.2) is 5.76 Å². The number of fused-ring (bicyclic) bond motifs is 1. The summed E-state index contributed by atoms with van der Waals surface area (Å²) < 4.78 is 5.69. The molecule has 5 nitrogen and oxygen atoms in total.